The largest absolute Gasteiger partial charge is 0.396 e. The van der Waals surface area contributed by atoms with E-state index in [1.807, 2.05) is 36.1 Å². The van der Waals surface area contributed by atoms with Gasteiger partial charge in [0.05, 0.1) is 0 Å². The molecule has 4 heteroatoms. The molecular weight excluding hydrogens is 292 g/mol. The molecule has 0 radical (unpaired) electrons. The minimum absolute atomic E-state index is 0.180. The van der Waals surface area contributed by atoms with Gasteiger partial charge in [-0.05, 0) is 36.6 Å². The third-order valence-corrected chi connectivity index (χ3v) is 3.76. The van der Waals surface area contributed by atoms with Crippen LogP contribution >= 0.6 is 15.9 Å². The summed E-state index contributed by atoms with van der Waals surface area (Å²) in [6, 6.07) is 10.2. The van der Waals surface area contributed by atoms with Gasteiger partial charge in [0.15, 0.2) is 0 Å². The predicted molar refractivity (Wildman–Crippen MR) is 75.5 cm³/mol. The molecule has 0 spiro atoms. The predicted octanol–water partition coefficient (Wildman–Crippen LogP) is 2.89. The van der Waals surface area contributed by atoms with Crippen LogP contribution in [-0.4, -0.2) is 21.5 Å². The number of aromatic nitrogens is 2. The highest BCUT2D eigenvalue weighted by atomic mass is 79.9. The van der Waals surface area contributed by atoms with Crippen molar-refractivity contribution in [3.63, 3.8) is 0 Å². The molecule has 0 aliphatic rings. The molecule has 0 amide bonds. The molecule has 96 valence electrons. The van der Waals surface area contributed by atoms with Crippen LogP contribution in [0.1, 0.15) is 23.6 Å². The molecule has 0 aliphatic carbocycles. The van der Waals surface area contributed by atoms with Gasteiger partial charge < -0.3 is 5.11 Å². The molecule has 0 fully saturated rings. The lowest BCUT2D eigenvalue weighted by Crippen LogP contribution is -2.07. The van der Waals surface area contributed by atoms with Gasteiger partial charge in [-0.3, -0.25) is 4.68 Å². The number of nitrogens with zero attached hydrogens (tertiary/aromatic N) is 2. The monoisotopic (exact) mass is 308 g/mol. The van der Waals surface area contributed by atoms with Gasteiger partial charge in [0, 0.05) is 35.9 Å². The highest BCUT2D eigenvalue weighted by Crippen LogP contribution is 2.23. The van der Waals surface area contributed by atoms with Crippen molar-refractivity contribution in [1.82, 2.24) is 9.78 Å². The van der Waals surface area contributed by atoms with Crippen LogP contribution in [0.15, 0.2) is 41.0 Å². The lowest BCUT2D eigenvalue weighted by molar-refractivity contribution is 0.259. The Morgan fingerprint density at radius 1 is 1.28 bits per heavy atom. The average Bonchev–Trinajstić information content (AvgIpc) is 2.78. The minimum Gasteiger partial charge on any atom is -0.396 e. The number of aryl methyl sites for hydroxylation is 2. The van der Waals surface area contributed by atoms with Crippen molar-refractivity contribution >= 4 is 15.9 Å². The molecule has 1 heterocycles. The van der Waals surface area contributed by atoms with Gasteiger partial charge >= 0.3 is 0 Å². The second kappa shape index (κ2) is 6.16. The average molecular weight is 309 g/mol. The zero-order valence-electron chi connectivity index (χ0n) is 10.4. The molecule has 0 saturated carbocycles. The summed E-state index contributed by atoms with van der Waals surface area (Å²) < 4.78 is 2.95. The molecular formula is C14H17BrN2O. The Morgan fingerprint density at radius 3 is 2.56 bits per heavy atom. The molecule has 1 unspecified atom stereocenters. The van der Waals surface area contributed by atoms with E-state index in [9.17, 15) is 5.11 Å². The fourth-order valence-electron chi connectivity index (χ4n) is 2.07. The van der Waals surface area contributed by atoms with Crippen molar-refractivity contribution in [2.75, 3.05) is 6.61 Å². The van der Waals surface area contributed by atoms with Crippen LogP contribution in [0, 0.1) is 0 Å². The third kappa shape index (κ3) is 3.21. The first-order valence-electron chi connectivity index (χ1n) is 6.04. The quantitative estimate of drug-likeness (QED) is 0.922. The van der Waals surface area contributed by atoms with E-state index in [1.165, 1.54) is 11.3 Å². The summed E-state index contributed by atoms with van der Waals surface area (Å²) >= 11 is 3.42. The van der Waals surface area contributed by atoms with E-state index in [-0.39, 0.29) is 12.5 Å². The molecule has 0 aliphatic heterocycles. The fraction of sp³-hybridized carbons (Fsp3) is 0.357. The summed E-state index contributed by atoms with van der Waals surface area (Å²) in [7, 11) is 1.95. The highest BCUT2D eigenvalue weighted by molar-refractivity contribution is 9.10. The Labute approximate surface area is 116 Å². The fourth-order valence-corrected chi connectivity index (χ4v) is 2.33. The van der Waals surface area contributed by atoms with E-state index >= 15 is 0 Å². The maximum atomic E-state index is 9.51. The van der Waals surface area contributed by atoms with Crippen LogP contribution in [0.2, 0.25) is 0 Å². The molecule has 3 nitrogen and oxygen atoms in total. The topological polar surface area (TPSA) is 38.0 Å². The summed E-state index contributed by atoms with van der Waals surface area (Å²) in [5.74, 6) is 0.188. The smallest absolute Gasteiger partial charge is 0.0499 e. The lowest BCUT2D eigenvalue weighted by atomic mass is 9.94. The van der Waals surface area contributed by atoms with E-state index in [4.69, 9.17) is 0 Å². The number of benzene rings is 1. The zero-order chi connectivity index (χ0) is 13.0. The number of hydrogen-bond acceptors (Lipinski definition) is 2. The third-order valence-electron chi connectivity index (χ3n) is 3.23. The Hall–Kier alpha value is -1.13. The number of aliphatic hydroxyl groups is 1. The molecule has 2 aromatic rings. The van der Waals surface area contributed by atoms with Crippen molar-refractivity contribution in [2.45, 2.75) is 18.8 Å². The number of aliphatic hydroxyl groups excluding tert-OH is 1. The van der Waals surface area contributed by atoms with E-state index in [1.54, 1.807) is 0 Å². The summed E-state index contributed by atoms with van der Waals surface area (Å²) in [5, 5.41) is 13.7. The maximum Gasteiger partial charge on any atom is 0.0499 e. The van der Waals surface area contributed by atoms with Gasteiger partial charge in [0.25, 0.3) is 0 Å². The van der Waals surface area contributed by atoms with E-state index in [2.05, 4.69) is 33.2 Å². The molecule has 18 heavy (non-hydrogen) atoms. The minimum atomic E-state index is 0.180. The van der Waals surface area contributed by atoms with E-state index in [0.717, 1.165) is 17.3 Å². The lowest BCUT2D eigenvalue weighted by Gasteiger charge is -2.14. The summed E-state index contributed by atoms with van der Waals surface area (Å²) in [6.45, 7) is 0.180. The summed E-state index contributed by atoms with van der Waals surface area (Å²) in [6.07, 6.45) is 3.67. The Bertz CT molecular complexity index is 493. The van der Waals surface area contributed by atoms with Crippen molar-refractivity contribution in [3.8, 4) is 0 Å². The maximum absolute atomic E-state index is 9.51. The van der Waals surface area contributed by atoms with Crippen LogP contribution in [0.5, 0.6) is 0 Å². The van der Waals surface area contributed by atoms with Crippen molar-refractivity contribution in [2.24, 2.45) is 7.05 Å². The molecule has 0 saturated heterocycles. The number of hydrogen-bond donors (Lipinski definition) is 1. The molecule has 1 aromatic carbocycles. The first-order valence-corrected chi connectivity index (χ1v) is 6.83. The van der Waals surface area contributed by atoms with Gasteiger partial charge in [0.1, 0.15) is 0 Å². The van der Waals surface area contributed by atoms with E-state index < -0.39 is 0 Å². The van der Waals surface area contributed by atoms with Crippen LogP contribution < -0.4 is 0 Å². The van der Waals surface area contributed by atoms with Crippen molar-refractivity contribution in [3.05, 3.63) is 52.3 Å². The standard InChI is InChI=1S/C14H17BrN2O/c1-17-14(8-9-16-17)7-4-12(10-18)11-2-5-13(15)6-3-11/h2-3,5-6,8-9,12,18H,4,7,10H2,1H3. The number of halogens is 1. The zero-order valence-corrected chi connectivity index (χ0v) is 12.0. The second-order valence-electron chi connectivity index (χ2n) is 4.42. The molecule has 1 atom stereocenters. The first-order chi connectivity index (χ1) is 8.70. The Morgan fingerprint density at radius 2 is 2.00 bits per heavy atom. The summed E-state index contributed by atoms with van der Waals surface area (Å²) in [4.78, 5) is 0. The van der Waals surface area contributed by atoms with Crippen LogP contribution in [0.4, 0.5) is 0 Å². The van der Waals surface area contributed by atoms with Gasteiger partial charge in [-0.2, -0.15) is 5.10 Å². The first kappa shape index (κ1) is 13.3. The van der Waals surface area contributed by atoms with E-state index in [0.29, 0.717) is 0 Å². The van der Waals surface area contributed by atoms with Gasteiger partial charge in [0.2, 0.25) is 0 Å². The molecule has 0 bridgehead atoms. The van der Waals surface area contributed by atoms with Gasteiger partial charge in [-0.15, -0.1) is 0 Å². The second-order valence-corrected chi connectivity index (χ2v) is 5.33. The van der Waals surface area contributed by atoms with Crippen LogP contribution in [0.25, 0.3) is 0 Å². The molecule has 1 aromatic heterocycles. The van der Waals surface area contributed by atoms with Crippen molar-refractivity contribution < 1.29 is 5.11 Å². The SMILES string of the molecule is Cn1nccc1CCC(CO)c1ccc(Br)cc1. The highest BCUT2D eigenvalue weighted by Gasteiger charge is 2.11. The number of rotatable bonds is 5. The molecule has 1 N–H and O–H groups in total. The van der Waals surface area contributed by atoms with Gasteiger partial charge in [-0.25, -0.2) is 0 Å². The normalized spacial score (nSPS) is 12.6. The Balaban J connectivity index is 2.01. The van der Waals surface area contributed by atoms with Crippen LogP contribution in [-0.2, 0) is 13.5 Å². The summed E-state index contributed by atoms with van der Waals surface area (Å²) in [5.41, 5.74) is 2.38. The molecule has 2 rings (SSSR count). The van der Waals surface area contributed by atoms with Crippen molar-refractivity contribution in [1.29, 1.82) is 0 Å². The van der Waals surface area contributed by atoms with Gasteiger partial charge in [-0.1, -0.05) is 28.1 Å². The Kier molecular flexibility index (Phi) is 4.55. The van der Waals surface area contributed by atoms with Crippen LogP contribution in [0.3, 0.4) is 0 Å².